The molecule has 0 unspecified atom stereocenters. The second kappa shape index (κ2) is 13.3. The molecule has 0 aromatic rings. The zero-order chi connectivity index (χ0) is 20.1. The maximum Gasteiger partial charge on any atom is 0.225 e. The van der Waals surface area contributed by atoms with Gasteiger partial charge in [-0.2, -0.15) is 0 Å². The molecular weight excluding hydrogens is 336 g/mol. The zero-order valence-electron chi connectivity index (χ0n) is 17.7. The maximum atomic E-state index is 12.9. The Labute approximate surface area is 166 Å². The van der Waals surface area contributed by atoms with Crippen LogP contribution < -0.4 is 0 Å². The van der Waals surface area contributed by atoms with Gasteiger partial charge in [-0.3, -0.25) is 4.79 Å². The highest BCUT2D eigenvalue weighted by Gasteiger charge is 2.30. The average Bonchev–Trinajstić information content (AvgIpc) is 2.68. The standard InChI is InChI=1S/C23H38N2O2/c1-6-10-11-14-19(5)22(24-27-9-4)20-15-17-25(18-16-20)23(26)21(12-7-2)13-8-3/h6,10-11,14,20-21H,5,7-9,12-13,15-18H2,1-4H3/b10-6-,14-11-,24-22?. The van der Waals surface area contributed by atoms with Gasteiger partial charge in [0.25, 0.3) is 0 Å². The van der Waals surface area contributed by atoms with Crippen LogP contribution in [0.4, 0.5) is 0 Å². The lowest BCUT2D eigenvalue weighted by Crippen LogP contribution is -2.43. The van der Waals surface area contributed by atoms with Crippen LogP contribution >= 0.6 is 0 Å². The summed E-state index contributed by atoms with van der Waals surface area (Å²) in [5, 5.41) is 4.35. The lowest BCUT2D eigenvalue weighted by Gasteiger charge is -2.34. The van der Waals surface area contributed by atoms with Crippen LogP contribution in [0.25, 0.3) is 0 Å². The van der Waals surface area contributed by atoms with Crippen LogP contribution in [-0.2, 0) is 9.63 Å². The minimum absolute atomic E-state index is 0.187. The molecule has 152 valence electrons. The molecule has 4 nitrogen and oxygen atoms in total. The third-order valence-electron chi connectivity index (χ3n) is 5.04. The van der Waals surface area contributed by atoms with Gasteiger partial charge in [-0.1, -0.05) is 62.7 Å². The highest BCUT2D eigenvalue weighted by molar-refractivity contribution is 6.03. The number of oxime groups is 1. The van der Waals surface area contributed by atoms with Gasteiger partial charge in [-0.05, 0) is 45.1 Å². The molecule has 1 saturated heterocycles. The van der Waals surface area contributed by atoms with E-state index in [9.17, 15) is 4.79 Å². The highest BCUT2D eigenvalue weighted by atomic mass is 16.6. The van der Waals surface area contributed by atoms with Gasteiger partial charge in [-0.15, -0.1) is 0 Å². The van der Waals surface area contributed by atoms with Crippen LogP contribution in [0.2, 0.25) is 0 Å². The van der Waals surface area contributed by atoms with E-state index in [-0.39, 0.29) is 5.92 Å². The molecule has 0 aromatic carbocycles. The van der Waals surface area contributed by atoms with E-state index in [0.717, 1.165) is 62.9 Å². The van der Waals surface area contributed by atoms with E-state index < -0.39 is 0 Å². The first-order valence-corrected chi connectivity index (χ1v) is 10.6. The van der Waals surface area contributed by atoms with Crippen LogP contribution in [0.15, 0.2) is 41.6 Å². The Morgan fingerprint density at radius 2 is 1.81 bits per heavy atom. The Hall–Kier alpha value is -1.84. The fourth-order valence-electron chi connectivity index (χ4n) is 3.62. The molecular formula is C23H38N2O2. The molecule has 1 heterocycles. The summed E-state index contributed by atoms with van der Waals surface area (Å²) in [6.45, 7) is 14.5. The van der Waals surface area contributed by atoms with Gasteiger partial charge in [0.2, 0.25) is 5.91 Å². The lowest BCUT2D eigenvalue weighted by atomic mass is 9.87. The van der Waals surface area contributed by atoms with Gasteiger partial charge in [-0.25, -0.2) is 0 Å². The zero-order valence-corrected chi connectivity index (χ0v) is 17.7. The molecule has 0 N–H and O–H groups in total. The van der Waals surface area contributed by atoms with Crippen LogP contribution in [-0.4, -0.2) is 36.2 Å². The van der Waals surface area contributed by atoms with Crippen molar-refractivity contribution in [2.75, 3.05) is 19.7 Å². The Morgan fingerprint density at radius 3 is 2.33 bits per heavy atom. The number of carbonyl (C=O) groups excluding carboxylic acids is 1. The molecule has 1 aliphatic rings. The van der Waals surface area contributed by atoms with Crippen LogP contribution in [0.3, 0.4) is 0 Å². The summed E-state index contributed by atoms with van der Waals surface area (Å²) in [5.41, 5.74) is 1.81. The van der Waals surface area contributed by atoms with Crippen LogP contribution in [0.5, 0.6) is 0 Å². The molecule has 0 spiro atoms. The first-order valence-electron chi connectivity index (χ1n) is 10.6. The van der Waals surface area contributed by atoms with E-state index >= 15 is 0 Å². The van der Waals surface area contributed by atoms with Gasteiger partial charge in [0.15, 0.2) is 0 Å². The predicted molar refractivity (Wildman–Crippen MR) is 115 cm³/mol. The second-order valence-electron chi connectivity index (χ2n) is 7.18. The number of allylic oxidation sites excluding steroid dienone is 5. The van der Waals surface area contributed by atoms with Crippen LogP contribution in [0.1, 0.15) is 66.2 Å². The quantitative estimate of drug-likeness (QED) is 0.271. The van der Waals surface area contributed by atoms with Crippen molar-refractivity contribution in [1.82, 2.24) is 4.90 Å². The third kappa shape index (κ3) is 7.74. The number of nitrogens with zero attached hydrogens (tertiary/aromatic N) is 2. The van der Waals surface area contributed by atoms with Crippen molar-refractivity contribution >= 4 is 11.6 Å². The Kier molecular flexibility index (Phi) is 11.5. The summed E-state index contributed by atoms with van der Waals surface area (Å²) < 4.78 is 0. The molecule has 1 amide bonds. The average molecular weight is 375 g/mol. The first-order chi connectivity index (χ1) is 13.1. The van der Waals surface area contributed by atoms with Gasteiger partial charge < -0.3 is 9.74 Å². The molecule has 1 aliphatic heterocycles. The van der Waals surface area contributed by atoms with Gasteiger partial charge >= 0.3 is 0 Å². The van der Waals surface area contributed by atoms with Crippen molar-refractivity contribution in [1.29, 1.82) is 0 Å². The molecule has 27 heavy (non-hydrogen) atoms. The van der Waals surface area contributed by atoms with Crippen molar-refractivity contribution in [3.8, 4) is 0 Å². The number of hydrogen-bond acceptors (Lipinski definition) is 3. The largest absolute Gasteiger partial charge is 0.396 e. The number of piperidine rings is 1. The summed E-state index contributed by atoms with van der Waals surface area (Å²) in [6.07, 6.45) is 13.9. The monoisotopic (exact) mass is 374 g/mol. The third-order valence-corrected chi connectivity index (χ3v) is 5.04. The van der Waals surface area contributed by atoms with Crippen LogP contribution in [0, 0.1) is 11.8 Å². The number of carbonyl (C=O) groups is 1. The lowest BCUT2D eigenvalue weighted by molar-refractivity contribution is -0.137. The number of amides is 1. The van der Waals surface area contributed by atoms with Gasteiger partial charge in [0.1, 0.15) is 6.61 Å². The van der Waals surface area contributed by atoms with Gasteiger partial charge in [0.05, 0.1) is 5.71 Å². The van der Waals surface area contributed by atoms with Crippen molar-refractivity contribution < 1.29 is 9.63 Å². The predicted octanol–water partition coefficient (Wildman–Crippen LogP) is 5.52. The Morgan fingerprint density at radius 1 is 1.19 bits per heavy atom. The SMILES string of the molecule is C=C(/C=C\C=C/C)C(=NOCC)C1CCN(C(=O)C(CCC)CCC)CC1. The summed E-state index contributed by atoms with van der Waals surface area (Å²) in [5.74, 6) is 0.818. The minimum Gasteiger partial charge on any atom is -0.396 e. The first kappa shape index (κ1) is 23.2. The smallest absolute Gasteiger partial charge is 0.225 e. The number of likely N-dealkylation sites (tertiary alicyclic amines) is 1. The Bertz CT molecular complexity index is 535. The molecule has 0 aliphatic carbocycles. The Balaban J connectivity index is 2.75. The number of rotatable bonds is 11. The summed E-state index contributed by atoms with van der Waals surface area (Å²) in [6, 6.07) is 0. The van der Waals surface area contributed by atoms with Gasteiger partial charge in [0, 0.05) is 24.9 Å². The molecule has 0 radical (unpaired) electrons. The van der Waals surface area contributed by atoms with Crippen molar-refractivity contribution in [2.45, 2.75) is 66.2 Å². The topological polar surface area (TPSA) is 41.9 Å². The van der Waals surface area contributed by atoms with Crippen molar-refractivity contribution in [3.63, 3.8) is 0 Å². The van der Waals surface area contributed by atoms with Crippen molar-refractivity contribution in [2.24, 2.45) is 17.0 Å². The maximum absolute atomic E-state index is 12.9. The molecule has 0 saturated carbocycles. The molecule has 1 rings (SSSR count). The second-order valence-corrected chi connectivity index (χ2v) is 7.18. The molecule has 0 atom stereocenters. The number of hydrogen-bond donors (Lipinski definition) is 0. The molecule has 1 fully saturated rings. The van der Waals surface area contributed by atoms with E-state index in [1.54, 1.807) is 0 Å². The minimum atomic E-state index is 0.187. The molecule has 4 heteroatoms. The van der Waals surface area contributed by atoms with E-state index in [1.165, 1.54) is 0 Å². The molecule has 0 bridgehead atoms. The summed E-state index contributed by atoms with van der Waals surface area (Å²) in [7, 11) is 0. The highest BCUT2D eigenvalue weighted by Crippen LogP contribution is 2.25. The van der Waals surface area contributed by atoms with E-state index in [0.29, 0.717) is 18.4 Å². The summed E-state index contributed by atoms with van der Waals surface area (Å²) >= 11 is 0. The summed E-state index contributed by atoms with van der Waals surface area (Å²) in [4.78, 5) is 20.3. The van der Waals surface area contributed by atoms with Crippen molar-refractivity contribution in [3.05, 3.63) is 36.5 Å². The molecule has 0 aromatic heterocycles. The van der Waals surface area contributed by atoms with E-state index in [2.05, 4.69) is 30.5 Å². The fourth-order valence-corrected chi connectivity index (χ4v) is 3.62. The van der Waals surface area contributed by atoms with E-state index in [1.807, 2.05) is 38.2 Å². The normalized spacial score (nSPS) is 16.6. The fraction of sp³-hybridized carbons (Fsp3) is 0.652. The van der Waals surface area contributed by atoms with E-state index in [4.69, 9.17) is 4.84 Å².